The predicted octanol–water partition coefficient (Wildman–Crippen LogP) is 2.83. The lowest BCUT2D eigenvalue weighted by atomic mass is 9.58. The van der Waals surface area contributed by atoms with Gasteiger partial charge in [-0.3, -0.25) is 19.4 Å². The van der Waals surface area contributed by atoms with E-state index in [4.69, 9.17) is 17.3 Å². The van der Waals surface area contributed by atoms with Crippen LogP contribution in [0.1, 0.15) is 57.1 Å². The molecule has 0 radical (unpaired) electrons. The van der Waals surface area contributed by atoms with Crippen molar-refractivity contribution in [3.8, 4) is 0 Å². The molecule has 9 nitrogen and oxygen atoms in total. The number of rotatable bonds is 7. The molecule has 34 heavy (non-hydrogen) atoms. The fraction of sp³-hybridized carbons (Fsp3) is 0.542. The molecule has 2 aromatic rings. The molecular weight excluding hydrogens is 456 g/mol. The summed E-state index contributed by atoms with van der Waals surface area (Å²) < 4.78 is 1.03. The van der Waals surface area contributed by atoms with E-state index >= 15 is 0 Å². The maximum Gasteiger partial charge on any atom is 0.288 e. The summed E-state index contributed by atoms with van der Waals surface area (Å²) in [6, 6.07) is 3.32. The van der Waals surface area contributed by atoms with Crippen molar-refractivity contribution in [2.45, 2.75) is 60.2 Å². The predicted molar refractivity (Wildman–Crippen MR) is 131 cm³/mol. The molecule has 3 rings (SSSR count). The van der Waals surface area contributed by atoms with Crippen molar-refractivity contribution in [1.82, 2.24) is 20.1 Å². The number of primary amides is 1. The van der Waals surface area contributed by atoms with Crippen LogP contribution in [0.15, 0.2) is 29.3 Å². The fourth-order valence-corrected chi connectivity index (χ4v) is 4.76. The second kappa shape index (κ2) is 10.1. The van der Waals surface area contributed by atoms with Crippen LogP contribution in [-0.2, 0) is 17.9 Å². The van der Waals surface area contributed by atoms with E-state index in [0.29, 0.717) is 29.0 Å². The Morgan fingerprint density at radius 2 is 2.00 bits per heavy atom. The van der Waals surface area contributed by atoms with E-state index in [1.165, 1.54) is 18.5 Å². The quantitative estimate of drug-likeness (QED) is 0.549. The van der Waals surface area contributed by atoms with Crippen molar-refractivity contribution in [3.63, 3.8) is 0 Å². The molecular formula is C24H33ClN6O3. The molecule has 0 aromatic carbocycles. The summed E-state index contributed by atoms with van der Waals surface area (Å²) in [5.41, 5.74) is 6.17. The number of pyridine rings is 1. The third-order valence-corrected chi connectivity index (χ3v) is 8.03. The van der Waals surface area contributed by atoms with Crippen LogP contribution in [0.2, 0.25) is 5.02 Å². The fourth-order valence-electron chi connectivity index (χ4n) is 4.55. The average molecular weight is 489 g/mol. The second-order valence-electron chi connectivity index (χ2n) is 9.88. The van der Waals surface area contributed by atoms with Gasteiger partial charge < -0.3 is 16.4 Å². The number of carbonyl (C=O) groups excluding carboxylic acids is 2. The third-order valence-electron chi connectivity index (χ3n) is 7.66. The summed E-state index contributed by atoms with van der Waals surface area (Å²) in [6.07, 6.45) is 3.91. The highest BCUT2D eigenvalue weighted by molar-refractivity contribution is 6.32. The maximum absolute atomic E-state index is 12.8. The van der Waals surface area contributed by atoms with Gasteiger partial charge in [0.25, 0.3) is 11.5 Å². The van der Waals surface area contributed by atoms with Crippen LogP contribution >= 0.6 is 11.6 Å². The Morgan fingerprint density at radius 1 is 1.29 bits per heavy atom. The Balaban J connectivity index is 1.65. The van der Waals surface area contributed by atoms with Crippen molar-refractivity contribution in [2.24, 2.45) is 28.9 Å². The number of halogens is 1. The lowest BCUT2D eigenvalue weighted by molar-refractivity contribution is -0.122. The monoisotopic (exact) mass is 488 g/mol. The van der Waals surface area contributed by atoms with Gasteiger partial charge >= 0.3 is 0 Å². The highest BCUT2D eigenvalue weighted by Crippen LogP contribution is 2.48. The number of anilines is 1. The highest BCUT2D eigenvalue weighted by Gasteiger charge is 2.43. The van der Waals surface area contributed by atoms with Gasteiger partial charge in [0.1, 0.15) is 17.3 Å². The number of amides is 2. The van der Waals surface area contributed by atoms with Crippen molar-refractivity contribution in [2.75, 3.05) is 5.32 Å². The van der Waals surface area contributed by atoms with E-state index in [-0.39, 0.29) is 35.3 Å². The Labute approximate surface area is 204 Å². The number of carbonyl (C=O) groups is 2. The first-order chi connectivity index (χ1) is 15.9. The number of hydrogen-bond acceptors (Lipinski definition) is 6. The van der Waals surface area contributed by atoms with E-state index in [1.54, 1.807) is 6.07 Å². The first-order valence-electron chi connectivity index (χ1n) is 11.4. The largest absolute Gasteiger partial charge is 0.379 e. The summed E-state index contributed by atoms with van der Waals surface area (Å²) in [5, 5.41) is 10.3. The molecule has 0 spiro atoms. The third kappa shape index (κ3) is 5.41. The molecule has 10 heteroatoms. The van der Waals surface area contributed by atoms with Crippen LogP contribution < -0.4 is 21.9 Å². The number of nitrogens with one attached hydrogen (secondary N) is 2. The SMILES string of the molecule is C[C@@H]1[C@@H](C)C(C)(C)[C@@H](C)C[C@H]1Nc1cnn(CC(=O)NCc2ccnc(C(N)=O)c2)c(=O)c1Cl. The van der Waals surface area contributed by atoms with Gasteiger partial charge in [-0.2, -0.15) is 5.10 Å². The topological polar surface area (TPSA) is 132 Å². The van der Waals surface area contributed by atoms with Crippen LogP contribution in [0.25, 0.3) is 0 Å². The summed E-state index contributed by atoms with van der Waals surface area (Å²) in [4.78, 5) is 40.2. The Morgan fingerprint density at radius 3 is 2.68 bits per heavy atom. The molecule has 184 valence electrons. The highest BCUT2D eigenvalue weighted by atomic mass is 35.5. The molecule has 2 amide bonds. The Bertz CT molecular complexity index is 1130. The molecule has 4 N–H and O–H groups in total. The van der Waals surface area contributed by atoms with Crippen LogP contribution in [-0.4, -0.2) is 32.6 Å². The zero-order valence-electron chi connectivity index (χ0n) is 20.3. The Kier molecular flexibility index (Phi) is 7.65. The van der Waals surface area contributed by atoms with Crippen LogP contribution in [0.5, 0.6) is 0 Å². The van der Waals surface area contributed by atoms with E-state index in [1.807, 2.05) is 0 Å². The summed E-state index contributed by atoms with van der Waals surface area (Å²) >= 11 is 6.38. The van der Waals surface area contributed by atoms with Gasteiger partial charge in [-0.05, 0) is 47.3 Å². The van der Waals surface area contributed by atoms with E-state index in [2.05, 4.69) is 55.3 Å². The van der Waals surface area contributed by atoms with Gasteiger partial charge in [-0.1, -0.05) is 46.2 Å². The van der Waals surface area contributed by atoms with Crippen LogP contribution in [0.3, 0.4) is 0 Å². The smallest absolute Gasteiger partial charge is 0.288 e. The van der Waals surface area contributed by atoms with Gasteiger partial charge in [-0.25, -0.2) is 4.68 Å². The maximum atomic E-state index is 12.8. The lowest BCUT2D eigenvalue weighted by Gasteiger charge is -2.50. The van der Waals surface area contributed by atoms with Gasteiger partial charge in [0, 0.05) is 18.8 Å². The summed E-state index contributed by atoms with van der Waals surface area (Å²) in [7, 11) is 0. The Hall–Kier alpha value is -2.94. The van der Waals surface area contributed by atoms with E-state index < -0.39 is 17.4 Å². The lowest BCUT2D eigenvalue weighted by Crippen LogP contribution is -2.48. The number of aromatic nitrogens is 3. The molecule has 1 aliphatic carbocycles. The molecule has 2 heterocycles. The van der Waals surface area contributed by atoms with E-state index in [9.17, 15) is 14.4 Å². The molecule has 0 bridgehead atoms. The zero-order valence-corrected chi connectivity index (χ0v) is 21.0. The molecule has 4 atom stereocenters. The summed E-state index contributed by atoms with van der Waals surface area (Å²) in [5.74, 6) is 0.311. The van der Waals surface area contributed by atoms with Gasteiger partial charge in [-0.15, -0.1) is 0 Å². The molecule has 1 aliphatic rings. The summed E-state index contributed by atoms with van der Waals surface area (Å²) in [6.45, 7) is 11.2. The van der Waals surface area contributed by atoms with Crippen molar-refractivity contribution < 1.29 is 9.59 Å². The van der Waals surface area contributed by atoms with Crippen molar-refractivity contribution in [1.29, 1.82) is 0 Å². The first-order valence-corrected chi connectivity index (χ1v) is 11.8. The molecule has 1 fully saturated rings. The van der Waals surface area contributed by atoms with Crippen LogP contribution in [0, 0.1) is 23.2 Å². The minimum Gasteiger partial charge on any atom is -0.379 e. The number of nitrogens with two attached hydrogens (primary N) is 1. The normalized spacial score (nSPS) is 23.8. The molecule has 2 aromatic heterocycles. The van der Waals surface area contributed by atoms with Gasteiger partial charge in [0.05, 0.1) is 11.9 Å². The molecule has 0 unspecified atom stereocenters. The van der Waals surface area contributed by atoms with E-state index in [0.717, 1.165) is 11.1 Å². The molecule has 0 saturated heterocycles. The standard InChI is InChI=1S/C24H33ClN6O3/c1-13-8-17(14(2)15(3)24(13,4)5)30-19-11-29-31(23(34)21(19)25)12-20(32)28-10-16-6-7-27-18(9-16)22(26)33/h6-7,9,11,13-15,17,30H,8,10,12H2,1-5H3,(H2,26,33)(H,28,32)/t13-,14+,15+,17+/m0/s1. The molecule has 1 saturated carbocycles. The van der Waals surface area contributed by atoms with Crippen LogP contribution in [0.4, 0.5) is 5.69 Å². The number of nitrogens with zero attached hydrogens (tertiary/aromatic N) is 3. The average Bonchev–Trinajstić information content (AvgIpc) is 2.80. The van der Waals surface area contributed by atoms with Gasteiger partial charge in [0.15, 0.2) is 0 Å². The van der Waals surface area contributed by atoms with Gasteiger partial charge in [0.2, 0.25) is 5.91 Å². The minimum absolute atomic E-state index is 0.0142. The first kappa shape index (κ1) is 25.7. The second-order valence-corrected chi connectivity index (χ2v) is 10.3. The van der Waals surface area contributed by atoms with Crippen molar-refractivity contribution in [3.05, 3.63) is 51.2 Å². The molecule has 0 aliphatic heterocycles. The zero-order chi connectivity index (χ0) is 25.2. The van der Waals surface area contributed by atoms with Crippen molar-refractivity contribution >= 4 is 29.1 Å². The number of hydrogen-bond donors (Lipinski definition) is 3. The minimum atomic E-state index is -0.650.